The molecule has 0 fully saturated rings. The van der Waals surface area contributed by atoms with Gasteiger partial charge in [-0.15, -0.1) is 0 Å². The number of benzene rings is 3. The largest absolute Gasteiger partial charge is 0.491 e. The summed E-state index contributed by atoms with van der Waals surface area (Å²) in [6.07, 6.45) is 3.61. The van der Waals surface area contributed by atoms with E-state index in [1.54, 1.807) is 16.7 Å². The molecular formula is C32H29Br2NO6. The highest BCUT2D eigenvalue weighted by Gasteiger charge is 2.33. The number of hydrogen-bond donors (Lipinski definition) is 0. The fourth-order valence-corrected chi connectivity index (χ4v) is 6.91. The Kier molecular flexibility index (Phi) is 8.08. The van der Waals surface area contributed by atoms with Gasteiger partial charge in [0.15, 0.2) is 11.5 Å². The predicted octanol–water partition coefficient (Wildman–Crippen LogP) is 7.61. The maximum absolute atomic E-state index is 14.2. The second-order valence-electron chi connectivity index (χ2n) is 10.3. The molecule has 1 aliphatic carbocycles. The number of nitrogens with zero attached hydrogens (tertiary/aromatic N) is 1. The van der Waals surface area contributed by atoms with Crippen LogP contribution in [0.5, 0.6) is 17.2 Å². The van der Waals surface area contributed by atoms with Crippen molar-refractivity contribution >= 4 is 54.6 Å². The maximum atomic E-state index is 14.2. The first-order chi connectivity index (χ1) is 19.9. The van der Waals surface area contributed by atoms with Gasteiger partial charge >= 0.3 is 5.97 Å². The van der Waals surface area contributed by atoms with Crippen LogP contribution in [0.15, 0.2) is 63.5 Å². The van der Waals surface area contributed by atoms with Crippen LogP contribution in [0.1, 0.15) is 53.4 Å². The van der Waals surface area contributed by atoms with Crippen molar-refractivity contribution in [3.63, 3.8) is 0 Å². The average Bonchev–Trinajstić information content (AvgIpc) is 3.57. The van der Waals surface area contributed by atoms with Gasteiger partial charge in [0.2, 0.25) is 6.79 Å². The van der Waals surface area contributed by atoms with Gasteiger partial charge in [-0.05, 0) is 86.9 Å². The first-order valence-corrected chi connectivity index (χ1v) is 15.4. The van der Waals surface area contributed by atoms with E-state index in [4.69, 9.17) is 18.9 Å². The second kappa shape index (κ2) is 11.9. The summed E-state index contributed by atoms with van der Waals surface area (Å²) in [6.45, 7) is 3.08. The minimum atomic E-state index is -0.298. The van der Waals surface area contributed by atoms with Crippen LogP contribution in [-0.4, -0.2) is 29.8 Å². The minimum Gasteiger partial charge on any atom is -0.491 e. The fourth-order valence-electron chi connectivity index (χ4n) is 5.49. The summed E-state index contributed by atoms with van der Waals surface area (Å²) in [4.78, 5) is 27.3. The van der Waals surface area contributed by atoms with Gasteiger partial charge in [0.1, 0.15) is 12.4 Å². The Morgan fingerprint density at radius 3 is 2.49 bits per heavy atom. The molecule has 6 rings (SSSR count). The van der Waals surface area contributed by atoms with Crippen molar-refractivity contribution in [2.75, 3.05) is 13.4 Å². The first-order valence-electron chi connectivity index (χ1n) is 13.8. The van der Waals surface area contributed by atoms with Crippen molar-refractivity contribution in [2.45, 2.75) is 45.6 Å². The van der Waals surface area contributed by atoms with Crippen LogP contribution in [0.4, 0.5) is 0 Å². The van der Waals surface area contributed by atoms with Gasteiger partial charge in [0, 0.05) is 22.7 Å². The number of esters is 1. The van der Waals surface area contributed by atoms with Crippen molar-refractivity contribution in [2.24, 2.45) is 5.92 Å². The molecule has 1 atom stereocenters. The quantitative estimate of drug-likeness (QED) is 0.141. The van der Waals surface area contributed by atoms with Gasteiger partial charge in [-0.1, -0.05) is 43.7 Å². The molecule has 1 aliphatic heterocycles. The number of aromatic nitrogens is 1. The van der Waals surface area contributed by atoms with Crippen LogP contribution in [0.3, 0.4) is 0 Å². The molecule has 0 amide bonds. The van der Waals surface area contributed by atoms with E-state index >= 15 is 0 Å². The molecule has 0 spiro atoms. The molecule has 41 heavy (non-hydrogen) atoms. The molecule has 2 aliphatic rings. The van der Waals surface area contributed by atoms with E-state index in [1.165, 1.54) is 0 Å². The normalized spacial score (nSPS) is 15.5. The molecule has 7 nitrogen and oxygen atoms in total. The van der Waals surface area contributed by atoms with Crippen LogP contribution in [0.2, 0.25) is 0 Å². The summed E-state index contributed by atoms with van der Waals surface area (Å²) in [5.41, 5.74) is 4.06. The van der Waals surface area contributed by atoms with Crippen LogP contribution in [0.25, 0.3) is 10.9 Å². The van der Waals surface area contributed by atoms with Crippen molar-refractivity contribution in [3.05, 3.63) is 85.9 Å². The molecule has 0 bridgehead atoms. The number of halogens is 2. The van der Waals surface area contributed by atoms with E-state index in [9.17, 15) is 9.59 Å². The first kappa shape index (κ1) is 27.8. The number of rotatable bonds is 8. The molecule has 9 heteroatoms. The third-order valence-electron chi connectivity index (χ3n) is 7.61. The SMILES string of the molecule is CCCCOc1c(Br)cc(C(=O)n2c3c(c4cc5c(cc42)OCO5)CC(C(=O)OCc2ccccc2)CC3)cc1Br. The number of carbonyl (C=O) groups is 2. The smallest absolute Gasteiger partial charge is 0.309 e. The molecule has 1 aromatic heterocycles. The molecule has 0 saturated carbocycles. The molecule has 4 aromatic rings. The Balaban J connectivity index is 1.34. The summed E-state index contributed by atoms with van der Waals surface area (Å²) >= 11 is 7.20. The fraction of sp³-hybridized carbons (Fsp3) is 0.312. The van der Waals surface area contributed by atoms with E-state index in [0.29, 0.717) is 57.6 Å². The summed E-state index contributed by atoms with van der Waals surface area (Å²) in [5, 5.41) is 0.885. The summed E-state index contributed by atoms with van der Waals surface area (Å²) in [7, 11) is 0. The maximum Gasteiger partial charge on any atom is 0.309 e. The van der Waals surface area contributed by atoms with Crippen LogP contribution < -0.4 is 14.2 Å². The molecule has 212 valence electrons. The zero-order valence-electron chi connectivity index (χ0n) is 22.6. The topological polar surface area (TPSA) is 76.0 Å². The lowest BCUT2D eigenvalue weighted by Gasteiger charge is -2.22. The summed E-state index contributed by atoms with van der Waals surface area (Å²) in [6, 6.07) is 17.1. The van der Waals surface area contributed by atoms with Gasteiger partial charge in [-0.2, -0.15) is 0 Å². The number of ether oxygens (including phenoxy) is 4. The lowest BCUT2D eigenvalue weighted by molar-refractivity contribution is -0.150. The van der Waals surface area contributed by atoms with Gasteiger partial charge in [0.05, 0.1) is 27.0 Å². The summed E-state index contributed by atoms with van der Waals surface area (Å²) in [5.74, 6) is 1.23. The standard InChI is InChI=1S/C32H29Br2NO6/c1-2-3-11-38-30-24(33)13-21(14-25(30)34)31(36)35-26-10-9-20(32(37)39-17-19-7-5-4-6-8-19)12-22(26)23-15-28-29(16-27(23)35)41-18-40-28/h4-8,13-16,20H,2-3,9-12,17-18H2,1H3. The highest BCUT2D eigenvalue weighted by atomic mass is 79.9. The summed E-state index contributed by atoms with van der Waals surface area (Å²) < 4.78 is 26.1. The molecule has 0 radical (unpaired) electrons. The number of unbranched alkanes of at least 4 members (excludes halogenated alkanes) is 1. The van der Waals surface area contributed by atoms with Crippen LogP contribution >= 0.6 is 31.9 Å². The Labute approximate surface area is 255 Å². The van der Waals surface area contributed by atoms with Crippen LogP contribution in [0, 0.1) is 5.92 Å². The third-order valence-corrected chi connectivity index (χ3v) is 8.78. The van der Waals surface area contributed by atoms with Crippen molar-refractivity contribution < 1.29 is 28.5 Å². The van der Waals surface area contributed by atoms with Gasteiger partial charge < -0.3 is 18.9 Å². The molecule has 1 unspecified atom stereocenters. The zero-order chi connectivity index (χ0) is 28.5. The molecule has 0 N–H and O–H groups in total. The Morgan fingerprint density at radius 1 is 1.02 bits per heavy atom. The van der Waals surface area contributed by atoms with Gasteiger partial charge in [0.25, 0.3) is 5.91 Å². The molecule has 2 heterocycles. The van der Waals surface area contributed by atoms with Gasteiger partial charge in [-0.3, -0.25) is 14.2 Å². The van der Waals surface area contributed by atoms with Crippen molar-refractivity contribution in [3.8, 4) is 17.2 Å². The van der Waals surface area contributed by atoms with Crippen molar-refractivity contribution in [1.29, 1.82) is 0 Å². The lowest BCUT2D eigenvalue weighted by Crippen LogP contribution is -2.26. The minimum absolute atomic E-state index is 0.131. The van der Waals surface area contributed by atoms with Crippen molar-refractivity contribution in [1.82, 2.24) is 4.57 Å². The van der Waals surface area contributed by atoms with Crippen LogP contribution in [-0.2, 0) is 29.0 Å². The highest BCUT2D eigenvalue weighted by molar-refractivity contribution is 9.11. The molecule has 0 saturated heterocycles. The Morgan fingerprint density at radius 2 is 1.76 bits per heavy atom. The zero-order valence-corrected chi connectivity index (χ0v) is 25.8. The highest BCUT2D eigenvalue weighted by Crippen LogP contribution is 2.43. The van der Waals surface area contributed by atoms with E-state index in [1.807, 2.05) is 42.5 Å². The van der Waals surface area contributed by atoms with E-state index in [2.05, 4.69) is 38.8 Å². The van der Waals surface area contributed by atoms with Gasteiger partial charge in [-0.25, -0.2) is 0 Å². The Bertz CT molecular complexity index is 1610. The molecule has 3 aromatic carbocycles. The van der Waals surface area contributed by atoms with E-state index in [0.717, 1.165) is 40.6 Å². The average molecular weight is 683 g/mol. The second-order valence-corrected chi connectivity index (χ2v) is 12.0. The number of hydrogen-bond acceptors (Lipinski definition) is 6. The van der Waals surface area contributed by atoms with E-state index < -0.39 is 0 Å². The monoisotopic (exact) mass is 681 g/mol. The number of fused-ring (bicyclic) bond motifs is 4. The van der Waals surface area contributed by atoms with E-state index in [-0.39, 0.29) is 31.2 Å². The molecular weight excluding hydrogens is 654 g/mol. The third kappa shape index (κ3) is 5.49. The Hall–Kier alpha value is -3.30. The number of carbonyl (C=O) groups excluding carboxylic acids is 2. The lowest BCUT2D eigenvalue weighted by atomic mass is 9.86. The predicted molar refractivity (Wildman–Crippen MR) is 162 cm³/mol.